The molecule has 1 aliphatic rings. The molecule has 30 heavy (non-hydrogen) atoms. The molecule has 3 aromatic carbocycles. The third kappa shape index (κ3) is 4.27. The van der Waals surface area contributed by atoms with Crippen LogP contribution in [0.3, 0.4) is 0 Å². The fourth-order valence-corrected chi connectivity index (χ4v) is 4.25. The van der Waals surface area contributed by atoms with Gasteiger partial charge in [-0.2, -0.15) is 0 Å². The van der Waals surface area contributed by atoms with Crippen molar-refractivity contribution >= 4 is 45.0 Å². The van der Waals surface area contributed by atoms with Gasteiger partial charge in [0.25, 0.3) is 0 Å². The number of aliphatic imine (C=N–C) groups is 1. The van der Waals surface area contributed by atoms with Crippen LogP contribution in [0, 0.1) is 0 Å². The van der Waals surface area contributed by atoms with Crippen LogP contribution < -0.4 is 0 Å². The summed E-state index contributed by atoms with van der Waals surface area (Å²) < 4.78 is 6.24. The SMILES string of the molecule is CCOC(=O)CN1C(c2cccc(Cl)c2)=Nc2ccc(Br)cc2[C@@H]1c1ccccc1. The van der Waals surface area contributed by atoms with E-state index in [4.69, 9.17) is 21.3 Å². The van der Waals surface area contributed by atoms with E-state index in [-0.39, 0.29) is 18.6 Å². The van der Waals surface area contributed by atoms with Gasteiger partial charge in [0.05, 0.1) is 18.3 Å². The zero-order valence-corrected chi connectivity index (χ0v) is 18.7. The first-order valence-electron chi connectivity index (χ1n) is 9.68. The van der Waals surface area contributed by atoms with Gasteiger partial charge in [-0.25, -0.2) is 4.99 Å². The number of rotatable bonds is 5. The van der Waals surface area contributed by atoms with Crippen LogP contribution in [0.5, 0.6) is 0 Å². The van der Waals surface area contributed by atoms with Gasteiger partial charge in [0, 0.05) is 20.6 Å². The fraction of sp³-hybridized carbons (Fsp3) is 0.167. The van der Waals surface area contributed by atoms with Crippen LogP contribution in [0.4, 0.5) is 5.69 Å². The van der Waals surface area contributed by atoms with Crippen molar-refractivity contribution in [1.82, 2.24) is 4.90 Å². The highest BCUT2D eigenvalue weighted by molar-refractivity contribution is 9.10. The molecule has 4 nitrogen and oxygen atoms in total. The van der Waals surface area contributed by atoms with Gasteiger partial charge < -0.3 is 9.64 Å². The van der Waals surface area contributed by atoms with Gasteiger partial charge in [-0.1, -0.05) is 70.0 Å². The first kappa shape index (κ1) is 20.6. The van der Waals surface area contributed by atoms with Gasteiger partial charge in [0.2, 0.25) is 0 Å². The first-order chi connectivity index (χ1) is 14.6. The average molecular weight is 484 g/mol. The van der Waals surface area contributed by atoms with Crippen LogP contribution in [-0.2, 0) is 9.53 Å². The van der Waals surface area contributed by atoms with E-state index in [2.05, 4.69) is 34.1 Å². The summed E-state index contributed by atoms with van der Waals surface area (Å²) in [5.41, 5.74) is 3.80. The van der Waals surface area contributed by atoms with Crippen molar-refractivity contribution < 1.29 is 9.53 Å². The summed E-state index contributed by atoms with van der Waals surface area (Å²) in [7, 11) is 0. The van der Waals surface area contributed by atoms with E-state index in [1.807, 2.05) is 59.5 Å². The number of hydrogen-bond acceptors (Lipinski definition) is 4. The van der Waals surface area contributed by atoms with E-state index in [1.54, 1.807) is 6.92 Å². The summed E-state index contributed by atoms with van der Waals surface area (Å²) in [4.78, 5) is 19.5. The second-order valence-corrected chi connectivity index (χ2v) is 8.25. The van der Waals surface area contributed by atoms with Crippen molar-refractivity contribution in [2.24, 2.45) is 4.99 Å². The predicted octanol–water partition coefficient (Wildman–Crippen LogP) is 6.15. The lowest BCUT2D eigenvalue weighted by Crippen LogP contribution is -2.42. The van der Waals surface area contributed by atoms with Crippen LogP contribution >= 0.6 is 27.5 Å². The number of nitrogens with zero attached hydrogens (tertiary/aromatic N) is 2. The Morgan fingerprint density at radius 3 is 2.63 bits per heavy atom. The molecule has 3 aromatic rings. The second kappa shape index (κ2) is 9.02. The smallest absolute Gasteiger partial charge is 0.325 e. The van der Waals surface area contributed by atoms with Crippen molar-refractivity contribution in [3.05, 3.63) is 99.0 Å². The molecule has 0 aromatic heterocycles. The molecule has 1 aliphatic heterocycles. The lowest BCUT2D eigenvalue weighted by molar-refractivity contribution is -0.143. The Morgan fingerprint density at radius 2 is 1.90 bits per heavy atom. The standard InChI is InChI=1S/C24H20BrClN2O2/c1-2-30-22(29)15-28-23(16-7-4-3-5-8-16)20-14-18(25)11-12-21(20)27-24(28)17-9-6-10-19(26)13-17/h3-14,23H,2,15H2,1H3/t23-/m0/s1. The third-order valence-corrected chi connectivity index (χ3v) is 5.63. The molecule has 6 heteroatoms. The lowest BCUT2D eigenvalue weighted by atomic mass is 9.93. The van der Waals surface area contributed by atoms with Gasteiger partial charge >= 0.3 is 5.97 Å². The summed E-state index contributed by atoms with van der Waals surface area (Å²) >= 11 is 9.85. The highest BCUT2D eigenvalue weighted by Crippen LogP contribution is 2.41. The van der Waals surface area contributed by atoms with Crippen LogP contribution in [0.1, 0.15) is 29.7 Å². The molecule has 0 aliphatic carbocycles. The van der Waals surface area contributed by atoms with Gasteiger partial charge in [0.1, 0.15) is 12.4 Å². The van der Waals surface area contributed by atoms with Crippen LogP contribution in [0.15, 0.2) is 82.3 Å². The summed E-state index contributed by atoms with van der Waals surface area (Å²) in [6, 6.07) is 23.5. The maximum absolute atomic E-state index is 12.6. The number of esters is 1. The van der Waals surface area contributed by atoms with E-state index < -0.39 is 0 Å². The van der Waals surface area contributed by atoms with Crippen molar-refractivity contribution in [1.29, 1.82) is 0 Å². The molecule has 0 saturated carbocycles. The quantitative estimate of drug-likeness (QED) is 0.409. The minimum absolute atomic E-state index is 0.0741. The molecule has 0 bridgehead atoms. The maximum atomic E-state index is 12.6. The highest BCUT2D eigenvalue weighted by atomic mass is 79.9. The zero-order chi connectivity index (χ0) is 21.1. The average Bonchev–Trinajstić information content (AvgIpc) is 2.74. The summed E-state index contributed by atoms with van der Waals surface area (Å²) in [5, 5.41) is 0.615. The zero-order valence-electron chi connectivity index (χ0n) is 16.4. The molecular formula is C24H20BrClN2O2. The number of hydrogen-bond donors (Lipinski definition) is 0. The summed E-state index contributed by atoms with van der Waals surface area (Å²) in [6.07, 6.45) is 0. The monoisotopic (exact) mass is 482 g/mol. The van der Waals surface area contributed by atoms with E-state index >= 15 is 0 Å². The Morgan fingerprint density at radius 1 is 1.10 bits per heavy atom. The number of halogens is 2. The Hall–Kier alpha value is -2.63. The lowest BCUT2D eigenvalue weighted by Gasteiger charge is -2.38. The molecule has 0 N–H and O–H groups in total. The summed E-state index contributed by atoms with van der Waals surface area (Å²) in [6.45, 7) is 2.21. The normalized spacial score (nSPS) is 15.4. The molecule has 1 heterocycles. The van der Waals surface area contributed by atoms with E-state index in [0.717, 1.165) is 26.9 Å². The Bertz CT molecular complexity index is 1100. The predicted molar refractivity (Wildman–Crippen MR) is 123 cm³/mol. The Labute approximate surface area is 189 Å². The summed E-state index contributed by atoms with van der Waals surface area (Å²) in [5.74, 6) is 0.390. The van der Waals surface area contributed by atoms with Gasteiger partial charge in [0.15, 0.2) is 0 Å². The molecule has 0 amide bonds. The molecule has 4 rings (SSSR count). The maximum Gasteiger partial charge on any atom is 0.325 e. The first-order valence-corrected chi connectivity index (χ1v) is 10.8. The Balaban J connectivity index is 1.92. The Kier molecular flexibility index (Phi) is 6.21. The highest BCUT2D eigenvalue weighted by Gasteiger charge is 2.33. The van der Waals surface area contributed by atoms with Gasteiger partial charge in [-0.3, -0.25) is 4.79 Å². The molecule has 0 unspecified atom stereocenters. The van der Waals surface area contributed by atoms with Crippen molar-refractivity contribution in [2.45, 2.75) is 13.0 Å². The third-order valence-electron chi connectivity index (χ3n) is 4.90. The molecule has 0 fully saturated rings. The van der Waals surface area contributed by atoms with E-state index in [0.29, 0.717) is 17.5 Å². The van der Waals surface area contributed by atoms with Gasteiger partial charge in [-0.15, -0.1) is 0 Å². The molecule has 0 radical (unpaired) electrons. The number of carbonyl (C=O) groups is 1. The minimum Gasteiger partial charge on any atom is -0.465 e. The van der Waals surface area contributed by atoms with Crippen LogP contribution in [-0.4, -0.2) is 29.9 Å². The number of ether oxygens (including phenoxy) is 1. The van der Waals surface area contributed by atoms with Gasteiger partial charge in [-0.05, 0) is 42.8 Å². The largest absolute Gasteiger partial charge is 0.465 e. The fourth-order valence-electron chi connectivity index (χ4n) is 3.68. The van der Waals surface area contributed by atoms with E-state index in [1.165, 1.54) is 0 Å². The number of carbonyl (C=O) groups excluding carboxylic acids is 1. The molecule has 0 saturated heterocycles. The minimum atomic E-state index is -0.299. The van der Waals surface area contributed by atoms with Crippen LogP contribution in [0.25, 0.3) is 0 Å². The van der Waals surface area contributed by atoms with Crippen molar-refractivity contribution in [2.75, 3.05) is 13.2 Å². The van der Waals surface area contributed by atoms with Crippen LogP contribution in [0.2, 0.25) is 5.02 Å². The molecular weight excluding hydrogens is 464 g/mol. The number of fused-ring (bicyclic) bond motifs is 1. The molecule has 0 spiro atoms. The molecule has 1 atom stereocenters. The number of amidine groups is 1. The van der Waals surface area contributed by atoms with E-state index in [9.17, 15) is 4.79 Å². The second-order valence-electron chi connectivity index (χ2n) is 6.90. The molecule has 152 valence electrons. The topological polar surface area (TPSA) is 41.9 Å². The number of benzene rings is 3. The van der Waals surface area contributed by atoms with Crippen molar-refractivity contribution in [3.63, 3.8) is 0 Å². The van der Waals surface area contributed by atoms with Crippen molar-refractivity contribution in [3.8, 4) is 0 Å².